The maximum Gasteiger partial charge on any atom is 0.323 e. The highest BCUT2D eigenvalue weighted by Crippen LogP contribution is 2.37. The van der Waals surface area contributed by atoms with Crippen LogP contribution in [0.25, 0.3) is 0 Å². The average molecular weight is 223 g/mol. The number of nitrogens with zero attached hydrogens (tertiary/aromatic N) is 2. The van der Waals surface area contributed by atoms with Gasteiger partial charge in [0.2, 0.25) is 0 Å². The van der Waals surface area contributed by atoms with E-state index in [0.29, 0.717) is 19.4 Å². The Morgan fingerprint density at radius 3 is 3.12 bits per heavy atom. The van der Waals surface area contributed by atoms with Gasteiger partial charge in [0.25, 0.3) is 0 Å². The summed E-state index contributed by atoms with van der Waals surface area (Å²) in [4.78, 5) is 15.3. The van der Waals surface area contributed by atoms with Gasteiger partial charge < -0.3 is 15.0 Å². The van der Waals surface area contributed by atoms with E-state index < -0.39 is 11.5 Å². The van der Waals surface area contributed by atoms with Gasteiger partial charge in [0.05, 0.1) is 6.33 Å². The van der Waals surface area contributed by atoms with Crippen LogP contribution < -0.4 is 5.32 Å². The molecule has 1 aliphatic rings. The molecule has 1 fully saturated rings. The second kappa shape index (κ2) is 4.25. The van der Waals surface area contributed by atoms with Crippen LogP contribution in [-0.2, 0) is 4.79 Å². The first-order chi connectivity index (χ1) is 7.68. The summed E-state index contributed by atoms with van der Waals surface area (Å²) < 4.78 is 2.00. The molecule has 1 aromatic rings. The highest BCUT2D eigenvalue weighted by molar-refractivity contribution is 5.79. The number of carbonyl (C=O) groups is 1. The van der Waals surface area contributed by atoms with E-state index in [4.69, 9.17) is 0 Å². The van der Waals surface area contributed by atoms with Gasteiger partial charge in [-0.2, -0.15) is 0 Å². The van der Waals surface area contributed by atoms with Crippen molar-refractivity contribution < 1.29 is 9.90 Å². The maximum atomic E-state index is 11.3. The Morgan fingerprint density at radius 2 is 2.56 bits per heavy atom. The fourth-order valence-corrected chi connectivity index (χ4v) is 2.53. The molecule has 1 saturated carbocycles. The average Bonchev–Trinajstić information content (AvgIpc) is 2.84. The van der Waals surface area contributed by atoms with Crippen molar-refractivity contribution in [2.45, 2.75) is 37.8 Å². The number of aliphatic carboxylic acids is 1. The van der Waals surface area contributed by atoms with Gasteiger partial charge in [-0.1, -0.05) is 6.92 Å². The Labute approximate surface area is 94.5 Å². The van der Waals surface area contributed by atoms with Gasteiger partial charge in [0, 0.05) is 18.4 Å². The number of carboxylic acid groups (broad SMARTS) is 1. The molecule has 2 rings (SSSR count). The molecule has 0 bridgehead atoms. The number of hydrogen-bond acceptors (Lipinski definition) is 3. The predicted octanol–water partition coefficient (Wildman–Crippen LogP) is 1.04. The van der Waals surface area contributed by atoms with Crippen molar-refractivity contribution in [2.75, 3.05) is 6.54 Å². The third-order valence-electron chi connectivity index (χ3n) is 3.36. The number of hydrogen-bond donors (Lipinski definition) is 2. The zero-order chi connectivity index (χ0) is 11.6. The van der Waals surface area contributed by atoms with Crippen LogP contribution in [0.1, 0.15) is 32.2 Å². The Kier molecular flexibility index (Phi) is 2.96. The lowest BCUT2D eigenvalue weighted by Gasteiger charge is -2.25. The van der Waals surface area contributed by atoms with Gasteiger partial charge in [-0.25, -0.2) is 4.98 Å². The summed E-state index contributed by atoms with van der Waals surface area (Å²) in [7, 11) is 0. The molecule has 1 aromatic heterocycles. The highest BCUT2D eigenvalue weighted by atomic mass is 16.4. The predicted molar refractivity (Wildman–Crippen MR) is 59.2 cm³/mol. The van der Waals surface area contributed by atoms with Crippen LogP contribution in [-0.4, -0.2) is 32.7 Å². The Hall–Kier alpha value is -1.36. The first kappa shape index (κ1) is 11.1. The van der Waals surface area contributed by atoms with Crippen molar-refractivity contribution in [3.8, 4) is 0 Å². The molecule has 5 heteroatoms. The summed E-state index contributed by atoms with van der Waals surface area (Å²) in [5, 5.41) is 12.4. The van der Waals surface area contributed by atoms with E-state index in [0.717, 1.165) is 6.42 Å². The monoisotopic (exact) mass is 223 g/mol. The lowest BCUT2D eigenvalue weighted by molar-refractivity contribution is -0.144. The van der Waals surface area contributed by atoms with Crippen molar-refractivity contribution in [1.82, 2.24) is 14.9 Å². The molecule has 16 heavy (non-hydrogen) atoms. The number of rotatable bonds is 4. The standard InChI is InChI=1S/C11H17N3O2/c1-2-13-11(10(15)16)4-3-9(7-11)14-6-5-12-8-14/h5-6,8-9,13H,2-4,7H2,1H3,(H,15,16). The van der Waals surface area contributed by atoms with Gasteiger partial charge >= 0.3 is 5.97 Å². The molecule has 0 saturated heterocycles. The van der Waals surface area contributed by atoms with Crippen molar-refractivity contribution in [3.05, 3.63) is 18.7 Å². The zero-order valence-electron chi connectivity index (χ0n) is 9.39. The van der Waals surface area contributed by atoms with Crippen molar-refractivity contribution in [2.24, 2.45) is 0 Å². The maximum absolute atomic E-state index is 11.3. The first-order valence-corrected chi connectivity index (χ1v) is 5.64. The molecule has 0 radical (unpaired) electrons. The third kappa shape index (κ3) is 1.82. The minimum Gasteiger partial charge on any atom is -0.480 e. The third-order valence-corrected chi connectivity index (χ3v) is 3.36. The van der Waals surface area contributed by atoms with Crippen LogP contribution >= 0.6 is 0 Å². The fraction of sp³-hybridized carbons (Fsp3) is 0.636. The lowest BCUT2D eigenvalue weighted by Crippen LogP contribution is -2.50. The molecule has 2 atom stereocenters. The Bertz CT molecular complexity index is 363. The van der Waals surface area contributed by atoms with Gasteiger partial charge in [-0.15, -0.1) is 0 Å². The number of likely N-dealkylation sites (N-methyl/N-ethyl adjacent to an activating group) is 1. The summed E-state index contributed by atoms with van der Waals surface area (Å²) in [5.74, 6) is -0.739. The van der Waals surface area contributed by atoms with Crippen molar-refractivity contribution in [1.29, 1.82) is 0 Å². The second-order valence-electron chi connectivity index (χ2n) is 4.32. The molecule has 0 spiro atoms. The van der Waals surface area contributed by atoms with E-state index >= 15 is 0 Å². The van der Waals surface area contributed by atoms with Crippen LogP contribution in [0.15, 0.2) is 18.7 Å². The first-order valence-electron chi connectivity index (χ1n) is 5.64. The molecule has 1 heterocycles. The number of aromatic nitrogens is 2. The van der Waals surface area contributed by atoms with Crippen LogP contribution in [0.4, 0.5) is 0 Å². The molecule has 2 unspecified atom stereocenters. The van der Waals surface area contributed by atoms with Gasteiger partial charge in [-0.3, -0.25) is 4.79 Å². The van der Waals surface area contributed by atoms with Gasteiger partial charge in [0.15, 0.2) is 0 Å². The molecule has 0 aliphatic heterocycles. The van der Waals surface area contributed by atoms with E-state index in [1.165, 1.54) is 0 Å². The normalized spacial score (nSPS) is 29.4. The quantitative estimate of drug-likeness (QED) is 0.800. The summed E-state index contributed by atoms with van der Waals surface area (Å²) in [6, 6.07) is 0.248. The summed E-state index contributed by atoms with van der Waals surface area (Å²) in [6.07, 6.45) is 7.58. The van der Waals surface area contributed by atoms with Crippen LogP contribution in [0.5, 0.6) is 0 Å². The minimum atomic E-state index is -0.746. The largest absolute Gasteiger partial charge is 0.480 e. The molecule has 88 valence electrons. The van der Waals surface area contributed by atoms with Crippen LogP contribution in [0, 0.1) is 0 Å². The zero-order valence-corrected chi connectivity index (χ0v) is 9.39. The highest BCUT2D eigenvalue weighted by Gasteiger charge is 2.45. The van der Waals surface area contributed by atoms with E-state index in [2.05, 4.69) is 10.3 Å². The Balaban J connectivity index is 2.13. The number of nitrogens with one attached hydrogen (secondary N) is 1. The SMILES string of the molecule is CCNC1(C(=O)O)CCC(n2ccnc2)C1. The van der Waals surface area contributed by atoms with Gasteiger partial charge in [-0.05, 0) is 25.8 Å². The van der Waals surface area contributed by atoms with E-state index in [1.807, 2.05) is 17.7 Å². The number of imidazole rings is 1. The molecule has 1 aliphatic carbocycles. The summed E-state index contributed by atoms with van der Waals surface area (Å²) >= 11 is 0. The fourth-order valence-electron chi connectivity index (χ4n) is 2.53. The molecule has 0 aromatic carbocycles. The lowest BCUT2D eigenvalue weighted by atomic mass is 9.97. The topological polar surface area (TPSA) is 67.2 Å². The van der Waals surface area contributed by atoms with Crippen LogP contribution in [0.2, 0.25) is 0 Å². The summed E-state index contributed by atoms with van der Waals surface area (Å²) in [5.41, 5.74) is -0.746. The minimum absolute atomic E-state index is 0.248. The van der Waals surface area contributed by atoms with E-state index in [1.54, 1.807) is 12.5 Å². The molecular weight excluding hydrogens is 206 g/mol. The van der Waals surface area contributed by atoms with Crippen molar-refractivity contribution >= 4 is 5.97 Å². The van der Waals surface area contributed by atoms with E-state index in [-0.39, 0.29) is 6.04 Å². The van der Waals surface area contributed by atoms with E-state index in [9.17, 15) is 9.90 Å². The second-order valence-corrected chi connectivity index (χ2v) is 4.32. The smallest absolute Gasteiger partial charge is 0.323 e. The molecule has 5 nitrogen and oxygen atoms in total. The molecule has 0 amide bonds. The van der Waals surface area contributed by atoms with Crippen molar-refractivity contribution in [3.63, 3.8) is 0 Å². The molecular formula is C11H17N3O2. The van der Waals surface area contributed by atoms with Gasteiger partial charge in [0.1, 0.15) is 5.54 Å². The summed E-state index contributed by atoms with van der Waals surface area (Å²) in [6.45, 7) is 2.62. The Morgan fingerprint density at radius 1 is 1.75 bits per heavy atom. The number of carboxylic acids is 1. The molecule has 2 N–H and O–H groups in total. The van der Waals surface area contributed by atoms with Crippen LogP contribution in [0.3, 0.4) is 0 Å².